The SMILES string of the molecule is CCC1CCC(C(C)C)=C(C(C)C)C1. The molecule has 1 aliphatic rings. The fraction of sp³-hybridized carbons (Fsp3) is 0.857. The van der Waals surface area contributed by atoms with Crippen molar-refractivity contribution in [2.24, 2.45) is 17.8 Å². The predicted octanol–water partition coefficient (Wildman–Crippen LogP) is 4.81. The van der Waals surface area contributed by atoms with Gasteiger partial charge in [0.25, 0.3) is 0 Å². The molecule has 0 heterocycles. The molecular formula is C14H26. The third-order valence-electron chi connectivity index (χ3n) is 3.71. The quantitative estimate of drug-likeness (QED) is 0.566. The van der Waals surface area contributed by atoms with Crippen molar-refractivity contribution in [3.63, 3.8) is 0 Å². The molecular weight excluding hydrogens is 168 g/mol. The molecule has 0 nitrogen and oxygen atoms in total. The monoisotopic (exact) mass is 194 g/mol. The van der Waals surface area contributed by atoms with Gasteiger partial charge in [0.15, 0.2) is 0 Å². The predicted molar refractivity (Wildman–Crippen MR) is 64.3 cm³/mol. The van der Waals surface area contributed by atoms with Crippen LogP contribution in [0.25, 0.3) is 0 Å². The number of hydrogen-bond acceptors (Lipinski definition) is 0. The van der Waals surface area contributed by atoms with Gasteiger partial charge in [-0.05, 0) is 37.0 Å². The highest BCUT2D eigenvalue weighted by Crippen LogP contribution is 2.37. The van der Waals surface area contributed by atoms with Crippen molar-refractivity contribution in [2.45, 2.75) is 60.3 Å². The summed E-state index contributed by atoms with van der Waals surface area (Å²) in [7, 11) is 0. The van der Waals surface area contributed by atoms with Gasteiger partial charge in [0.1, 0.15) is 0 Å². The molecule has 82 valence electrons. The topological polar surface area (TPSA) is 0 Å². The van der Waals surface area contributed by atoms with Crippen molar-refractivity contribution in [3.05, 3.63) is 11.1 Å². The third-order valence-corrected chi connectivity index (χ3v) is 3.71. The van der Waals surface area contributed by atoms with Gasteiger partial charge in [-0.2, -0.15) is 0 Å². The highest BCUT2D eigenvalue weighted by Gasteiger charge is 2.22. The summed E-state index contributed by atoms with van der Waals surface area (Å²) in [6.45, 7) is 11.8. The lowest BCUT2D eigenvalue weighted by Gasteiger charge is -2.30. The fourth-order valence-corrected chi connectivity index (χ4v) is 2.68. The summed E-state index contributed by atoms with van der Waals surface area (Å²) in [5.74, 6) is 2.50. The fourth-order valence-electron chi connectivity index (χ4n) is 2.68. The Morgan fingerprint density at radius 3 is 2.07 bits per heavy atom. The van der Waals surface area contributed by atoms with E-state index < -0.39 is 0 Å². The van der Waals surface area contributed by atoms with Gasteiger partial charge in [-0.15, -0.1) is 0 Å². The average Bonchev–Trinajstić information content (AvgIpc) is 2.16. The molecule has 1 aliphatic carbocycles. The number of hydrogen-bond donors (Lipinski definition) is 0. The van der Waals surface area contributed by atoms with Crippen LogP contribution in [0.1, 0.15) is 60.3 Å². The van der Waals surface area contributed by atoms with Crippen LogP contribution in [-0.4, -0.2) is 0 Å². The Balaban J connectivity index is 2.84. The number of rotatable bonds is 3. The van der Waals surface area contributed by atoms with Gasteiger partial charge in [0.2, 0.25) is 0 Å². The average molecular weight is 194 g/mol. The first kappa shape index (κ1) is 11.8. The third kappa shape index (κ3) is 2.62. The van der Waals surface area contributed by atoms with Gasteiger partial charge in [-0.1, -0.05) is 52.2 Å². The molecule has 0 fully saturated rings. The summed E-state index contributed by atoms with van der Waals surface area (Å²) in [6.07, 6.45) is 5.53. The highest BCUT2D eigenvalue weighted by atomic mass is 14.3. The normalized spacial score (nSPS) is 23.8. The molecule has 0 bridgehead atoms. The molecule has 14 heavy (non-hydrogen) atoms. The summed E-state index contributed by atoms with van der Waals surface area (Å²) < 4.78 is 0. The maximum Gasteiger partial charge on any atom is -0.0257 e. The van der Waals surface area contributed by atoms with E-state index in [4.69, 9.17) is 0 Å². The van der Waals surface area contributed by atoms with Crippen LogP contribution in [0.15, 0.2) is 11.1 Å². The van der Waals surface area contributed by atoms with Crippen molar-refractivity contribution in [2.75, 3.05) is 0 Å². The van der Waals surface area contributed by atoms with Gasteiger partial charge in [-0.25, -0.2) is 0 Å². The molecule has 0 spiro atoms. The highest BCUT2D eigenvalue weighted by molar-refractivity contribution is 5.21. The molecule has 0 N–H and O–H groups in total. The summed E-state index contributed by atoms with van der Waals surface area (Å²) in [5, 5.41) is 0. The molecule has 0 aromatic heterocycles. The maximum absolute atomic E-state index is 2.36. The summed E-state index contributed by atoms with van der Waals surface area (Å²) in [6, 6.07) is 0. The van der Waals surface area contributed by atoms with Crippen molar-refractivity contribution < 1.29 is 0 Å². The Morgan fingerprint density at radius 2 is 1.64 bits per heavy atom. The zero-order valence-electron chi connectivity index (χ0n) is 10.6. The molecule has 0 saturated heterocycles. The van der Waals surface area contributed by atoms with Crippen LogP contribution in [0.5, 0.6) is 0 Å². The second kappa shape index (κ2) is 5.00. The molecule has 0 radical (unpaired) electrons. The van der Waals surface area contributed by atoms with E-state index in [0.717, 1.165) is 17.8 Å². The molecule has 0 aromatic rings. The summed E-state index contributed by atoms with van der Waals surface area (Å²) in [4.78, 5) is 0. The molecule has 0 saturated carbocycles. The second-order valence-electron chi connectivity index (χ2n) is 5.38. The van der Waals surface area contributed by atoms with Crippen molar-refractivity contribution in [3.8, 4) is 0 Å². The van der Waals surface area contributed by atoms with E-state index in [0.29, 0.717) is 0 Å². The minimum Gasteiger partial charge on any atom is -0.0682 e. The first-order valence-electron chi connectivity index (χ1n) is 6.28. The molecule has 0 heteroatoms. The zero-order valence-corrected chi connectivity index (χ0v) is 10.6. The van der Waals surface area contributed by atoms with Crippen LogP contribution in [-0.2, 0) is 0 Å². The van der Waals surface area contributed by atoms with E-state index in [1.165, 1.54) is 25.7 Å². The second-order valence-corrected chi connectivity index (χ2v) is 5.38. The van der Waals surface area contributed by atoms with E-state index in [9.17, 15) is 0 Å². The molecule has 0 aliphatic heterocycles. The van der Waals surface area contributed by atoms with Crippen LogP contribution in [0.4, 0.5) is 0 Å². The first-order valence-corrected chi connectivity index (χ1v) is 6.28. The number of allylic oxidation sites excluding steroid dienone is 2. The lowest BCUT2D eigenvalue weighted by molar-refractivity contribution is 0.404. The molecule has 0 aromatic carbocycles. The summed E-state index contributed by atoms with van der Waals surface area (Å²) >= 11 is 0. The molecule has 1 rings (SSSR count). The Labute approximate surface area is 89.8 Å². The van der Waals surface area contributed by atoms with E-state index in [-0.39, 0.29) is 0 Å². The van der Waals surface area contributed by atoms with Crippen LogP contribution in [0, 0.1) is 17.8 Å². The Morgan fingerprint density at radius 1 is 1.07 bits per heavy atom. The van der Waals surface area contributed by atoms with Crippen molar-refractivity contribution in [1.82, 2.24) is 0 Å². The van der Waals surface area contributed by atoms with E-state index in [2.05, 4.69) is 34.6 Å². The van der Waals surface area contributed by atoms with Gasteiger partial charge in [-0.3, -0.25) is 0 Å². The van der Waals surface area contributed by atoms with Crippen LogP contribution < -0.4 is 0 Å². The van der Waals surface area contributed by atoms with Crippen LogP contribution in [0.3, 0.4) is 0 Å². The largest absolute Gasteiger partial charge is 0.0682 e. The Kier molecular flexibility index (Phi) is 4.22. The van der Waals surface area contributed by atoms with Crippen LogP contribution in [0.2, 0.25) is 0 Å². The first-order chi connectivity index (χ1) is 6.56. The Hall–Kier alpha value is -0.260. The van der Waals surface area contributed by atoms with Gasteiger partial charge < -0.3 is 0 Å². The Bertz CT molecular complexity index is 208. The standard InChI is InChI=1S/C14H26/c1-6-12-7-8-13(10(2)3)14(9-12)11(4)5/h10-12H,6-9H2,1-5H3. The maximum atomic E-state index is 2.36. The molecule has 1 unspecified atom stereocenters. The minimum absolute atomic E-state index is 0.766. The van der Waals surface area contributed by atoms with E-state index in [1.807, 2.05) is 0 Å². The van der Waals surface area contributed by atoms with Gasteiger partial charge >= 0.3 is 0 Å². The van der Waals surface area contributed by atoms with Crippen molar-refractivity contribution >= 4 is 0 Å². The smallest absolute Gasteiger partial charge is 0.0257 e. The molecule has 0 amide bonds. The lowest BCUT2D eigenvalue weighted by Crippen LogP contribution is -2.16. The minimum atomic E-state index is 0.766. The van der Waals surface area contributed by atoms with Gasteiger partial charge in [0, 0.05) is 0 Å². The van der Waals surface area contributed by atoms with E-state index >= 15 is 0 Å². The summed E-state index contributed by atoms with van der Waals surface area (Å²) in [5.41, 5.74) is 3.54. The lowest BCUT2D eigenvalue weighted by atomic mass is 9.75. The van der Waals surface area contributed by atoms with Crippen LogP contribution >= 0.6 is 0 Å². The molecule has 1 atom stereocenters. The van der Waals surface area contributed by atoms with E-state index in [1.54, 1.807) is 11.1 Å². The van der Waals surface area contributed by atoms with Crippen molar-refractivity contribution in [1.29, 1.82) is 0 Å². The zero-order chi connectivity index (χ0) is 10.7. The van der Waals surface area contributed by atoms with Gasteiger partial charge in [0.05, 0.1) is 0 Å².